The fourth-order valence-corrected chi connectivity index (χ4v) is 1.43. The predicted molar refractivity (Wildman–Crippen MR) is 62.9 cm³/mol. The van der Waals surface area contributed by atoms with Crippen LogP contribution in [0.3, 0.4) is 0 Å². The maximum atomic E-state index is 5.53. The highest BCUT2D eigenvalue weighted by molar-refractivity contribution is 7.71. The molecule has 2 rings (SSSR count). The molecule has 0 amide bonds. The van der Waals surface area contributed by atoms with Gasteiger partial charge in [-0.1, -0.05) is 0 Å². The number of rotatable bonds is 3. The largest absolute Gasteiger partial charge is 0.491 e. The number of nitrogens with one attached hydrogen (secondary N) is 1. The molecule has 0 saturated carbocycles. The van der Waals surface area contributed by atoms with E-state index in [0.29, 0.717) is 5.89 Å². The van der Waals surface area contributed by atoms with Crippen LogP contribution in [0.4, 0.5) is 0 Å². The van der Waals surface area contributed by atoms with E-state index >= 15 is 0 Å². The van der Waals surface area contributed by atoms with E-state index in [1.807, 2.05) is 38.1 Å². The maximum Gasteiger partial charge on any atom is 0.284 e. The van der Waals surface area contributed by atoms with Gasteiger partial charge in [0.2, 0.25) is 5.89 Å². The first-order valence-corrected chi connectivity index (χ1v) is 5.38. The van der Waals surface area contributed by atoms with Crippen LogP contribution < -0.4 is 4.74 Å². The molecule has 0 atom stereocenters. The molecule has 0 aliphatic heterocycles. The Kier molecular flexibility index (Phi) is 3.05. The van der Waals surface area contributed by atoms with Gasteiger partial charge in [0.05, 0.1) is 6.10 Å². The minimum atomic E-state index is 0.167. The number of aromatic amines is 1. The van der Waals surface area contributed by atoms with Crippen molar-refractivity contribution in [1.29, 1.82) is 0 Å². The van der Waals surface area contributed by atoms with E-state index in [9.17, 15) is 0 Å². The molecular weight excluding hydrogens is 224 g/mol. The van der Waals surface area contributed by atoms with Gasteiger partial charge in [-0.15, -0.1) is 5.10 Å². The van der Waals surface area contributed by atoms with Gasteiger partial charge in [-0.3, -0.25) is 0 Å². The zero-order valence-electron chi connectivity index (χ0n) is 9.06. The summed E-state index contributed by atoms with van der Waals surface area (Å²) in [5.74, 6) is 1.31. The number of H-pyrrole nitrogens is 1. The monoisotopic (exact) mass is 236 g/mol. The molecule has 0 fully saturated rings. The van der Waals surface area contributed by atoms with Crippen molar-refractivity contribution in [1.82, 2.24) is 10.2 Å². The molecule has 0 unspecified atom stereocenters. The number of benzene rings is 1. The molecule has 0 aliphatic carbocycles. The number of aromatic nitrogens is 2. The smallest absolute Gasteiger partial charge is 0.284 e. The van der Waals surface area contributed by atoms with Gasteiger partial charge >= 0.3 is 0 Å². The summed E-state index contributed by atoms with van der Waals surface area (Å²) >= 11 is 4.81. The highest BCUT2D eigenvalue weighted by Gasteiger charge is 2.04. The summed E-state index contributed by atoms with van der Waals surface area (Å²) in [4.78, 5) is 0.275. The van der Waals surface area contributed by atoms with Crippen LogP contribution in [0.2, 0.25) is 0 Å². The third-order valence-corrected chi connectivity index (χ3v) is 2.09. The van der Waals surface area contributed by atoms with E-state index < -0.39 is 0 Å². The van der Waals surface area contributed by atoms with Gasteiger partial charge < -0.3 is 9.15 Å². The van der Waals surface area contributed by atoms with Crippen LogP contribution >= 0.6 is 12.2 Å². The summed E-state index contributed by atoms with van der Waals surface area (Å²) in [7, 11) is 0. The topological polar surface area (TPSA) is 51.0 Å². The van der Waals surface area contributed by atoms with Crippen molar-refractivity contribution in [3.8, 4) is 17.2 Å². The lowest BCUT2D eigenvalue weighted by atomic mass is 10.2. The van der Waals surface area contributed by atoms with E-state index in [4.69, 9.17) is 21.4 Å². The zero-order valence-corrected chi connectivity index (χ0v) is 9.88. The molecule has 2 aromatic rings. The molecule has 4 nitrogen and oxygen atoms in total. The summed E-state index contributed by atoms with van der Waals surface area (Å²) in [5.41, 5.74) is 0.864. The summed E-state index contributed by atoms with van der Waals surface area (Å²) < 4.78 is 10.7. The van der Waals surface area contributed by atoms with Crippen LogP contribution in [-0.2, 0) is 0 Å². The van der Waals surface area contributed by atoms with E-state index in [0.717, 1.165) is 11.3 Å². The van der Waals surface area contributed by atoms with E-state index in [-0.39, 0.29) is 10.9 Å². The summed E-state index contributed by atoms with van der Waals surface area (Å²) in [6.45, 7) is 3.97. The molecule has 0 spiro atoms. The van der Waals surface area contributed by atoms with E-state index in [2.05, 4.69) is 10.2 Å². The Bertz CT molecular complexity index is 513. The molecule has 84 valence electrons. The number of hydrogen-bond acceptors (Lipinski definition) is 4. The Morgan fingerprint density at radius 2 is 2.00 bits per heavy atom. The molecule has 1 aromatic carbocycles. The Morgan fingerprint density at radius 3 is 2.50 bits per heavy atom. The van der Waals surface area contributed by atoms with Crippen LogP contribution in [0.25, 0.3) is 11.5 Å². The van der Waals surface area contributed by atoms with E-state index in [1.165, 1.54) is 0 Å². The lowest BCUT2D eigenvalue weighted by Crippen LogP contribution is -2.05. The van der Waals surface area contributed by atoms with Gasteiger partial charge in [0.1, 0.15) is 5.75 Å². The lowest BCUT2D eigenvalue weighted by molar-refractivity contribution is 0.242. The van der Waals surface area contributed by atoms with Crippen LogP contribution in [0.15, 0.2) is 28.7 Å². The molecular formula is C11H12N2O2S. The van der Waals surface area contributed by atoms with Crippen LogP contribution in [-0.4, -0.2) is 16.3 Å². The Labute approximate surface area is 98.3 Å². The van der Waals surface area contributed by atoms with Crippen LogP contribution in [0.1, 0.15) is 13.8 Å². The van der Waals surface area contributed by atoms with Crippen molar-refractivity contribution in [2.24, 2.45) is 0 Å². The lowest BCUT2D eigenvalue weighted by Gasteiger charge is -2.09. The van der Waals surface area contributed by atoms with E-state index in [1.54, 1.807) is 0 Å². The molecule has 16 heavy (non-hydrogen) atoms. The molecule has 0 bridgehead atoms. The average Bonchev–Trinajstić information content (AvgIpc) is 2.65. The second-order valence-electron chi connectivity index (χ2n) is 3.61. The number of ether oxygens (including phenoxy) is 1. The van der Waals surface area contributed by atoms with Crippen molar-refractivity contribution in [3.05, 3.63) is 29.1 Å². The van der Waals surface area contributed by atoms with Gasteiger partial charge in [0.15, 0.2) is 0 Å². The first kappa shape index (κ1) is 10.9. The van der Waals surface area contributed by atoms with Gasteiger partial charge in [-0.05, 0) is 50.3 Å². The van der Waals surface area contributed by atoms with Crippen LogP contribution in [0.5, 0.6) is 5.75 Å². The molecule has 5 heteroatoms. The highest BCUT2D eigenvalue weighted by Crippen LogP contribution is 2.21. The second-order valence-corrected chi connectivity index (χ2v) is 3.98. The summed E-state index contributed by atoms with van der Waals surface area (Å²) in [6.07, 6.45) is 0.167. The molecule has 1 aromatic heterocycles. The standard InChI is InChI=1S/C11H12N2O2S/c1-7(2)14-9-5-3-8(4-6-9)10-12-13-11(16)15-10/h3-7H,1-2H3,(H,13,16). The quantitative estimate of drug-likeness (QED) is 0.831. The maximum absolute atomic E-state index is 5.53. The molecule has 0 aliphatic rings. The number of hydrogen-bond donors (Lipinski definition) is 1. The predicted octanol–water partition coefficient (Wildman–Crippen LogP) is 3.19. The first-order chi connectivity index (χ1) is 7.65. The Morgan fingerprint density at radius 1 is 1.31 bits per heavy atom. The Hall–Kier alpha value is -1.62. The fourth-order valence-electron chi connectivity index (χ4n) is 1.30. The highest BCUT2D eigenvalue weighted by atomic mass is 32.1. The minimum Gasteiger partial charge on any atom is -0.491 e. The molecule has 0 saturated heterocycles. The fraction of sp³-hybridized carbons (Fsp3) is 0.273. The first-order valence-electron chi connectivity index (χ1n) is 4.98. The second kappa shape index (κ2) is 4.49. The van der Waals surface area contributed by atoms with Crippen molar-refractivity contribution in [2.45, 2.75) is 20.0 Å². The van der Waals surface area contributed by atoms with Crippen molar-refractivity contribution >= 4 is 12.2 Å². The van der Waals surface area contributed by atoms with Crippen LogP contribution in [0, 0.1) is 4.84 Å². The molecule has 1 heterocycles. The van der Waals surface area contributed by atoms with Crippen molar-refractivity contribution in [3.63, 3.8) is 0 Å². The number of nitrogens with zero attached hydrogens (tertiary/aromatic N) is 1. The van der Waals surface area contributed by atoms with Crippen molar-refractivity contribution < 1.29 is 9.15 Å². The SMILES string of the molecule is CC(C)Oc1ccc(-c2n[nH]c(=S)o2)cc1. The average molecular weight is 236 g/mol. The molecule has 0 radical (unpaired) electrons. The zero-order chi connectivity index (χ0) is 11.5. The molecule has 1 N–H and O–H groups in total. The van der Waals surface area contributed by atoms with Gasteiger partial charge in [-0.25, -0.2) is 5.10 Å². The van der Waals surface area contributed by atoms with Crippen molar-refractivity contribution in [2.75, 3.05) is 0 Å². The minimum absolute atomic E-state index is 0.167. The van der Waals surface area contributed by atoms with Gasteiger partial charge in [-0.2, -0.15) is 0 Å². The summed E-state index contributed by atoms with van der Waals surface area (Å²) in [6, 6.07) is 7.52. The normalized spacial score (nSPS) is 10.7. The Balaban J connectivity index is 2.22. The summed E-state index contributed by atoms with van der Waals surface area (Å²) in [5, 5.41) is 6.52. The van der Waals surface area contributed by atoms with Gasteiger partial charge in [0.25, 0.3) is 4.84 Å². The third-order valence-electron chi connectivity index (χ3n) is 1.91. The van der Waals surface area contributed by atoms with Gasteiger partial charge in [0, 0.05) is 5.56 Å². The third kappa shape index (κ3) is 2.49.